The van der Waals surface area contributed by atoms with Crippen molar-refractivity contribution in [1.29, 1.82) is 0 Å². The van der Waals surface area contributed by atoms with Crippen LogP contribution in [0.25, 0.3) is 0 Å². The minimum Gasteiger partial charge on any atom is -0.472 e. The van der Waals surface area contributed by atoms with Gasteiger partial charge in [0.15, 0.2) is 0 Å². The number of benzene rings is 1. The molecule has 2 aromatic rings. The lowest BCUT2D eigenvalue weighted by Gasteiger charge is -2.10. The molecule has 2 rings (SSSR count). The number of aliphatic hydroxyl groups excluding tert-OH is 1. The summed E-state index contributed by atoms with van der Waals surface area (Å²) in [5, 5.41) is 15.2. The zero-order chi connectivity index (χ0) is 13.5. The lowest BCUT2D eigenvalue weighted by atomic mass is 10.1. The number of anilines is 1. The van der Waals surface area contributed by atoms with Gasteiger partial charge in [0.25, 0.3) is 0 Å². The first-order valence-corrected chi connectivity index (χ1v) is 6.06. The summed E-state index contributed by atoms with van der Waals surface area (Å²) in [6, 6.07) is 10.6. The molecule has 0 aliphatic heterocycles. The molecule has 5 heteroatoms. The van der Waals surface area contributed by atoms with Gasteiger partial charge in [0.2, 0.25) is 0 Å². The highest BCUT2D eigenvalue weighted by molar-refractivity contribution is 5.89. The third kappa shape index (κ3) is 4.15. The van der Waals surface area contributed by atoms with Gasteiger partial charge < -0.3 is 20.2 Å². The fraction of sp³-hybridized carbons (Fsp3) is 0.214. The van der Waals surface area contributed by atoms with Gasteiger partial charge in [0.1, 0.15) is 0 Å². The third-order valence-corrected chi connectivity index (χ3v) is 2.66. The molecule has 1 heterocycles. The van der Waals surface area contributed by atoms with E-state index in [9.17, 15) is 9.90 Å². The summed E-state index contributed by atoms with van der Waals surface area (Å²) in [5.74, 6) is 0. The Morgan fingerprint density at radius 3 is 2.74 bits per heavy atom. The molecular weight excluding hydrogens is 244 g/mol. The first-order valence-electron chi connectivity index (χ1n) is 6.06. The molecule has 0 saturated heterocycles. The maximum atomic E-state index is 11.6. The average molecular weight is 260 g/mol. The molecule has 19 heavy (non-hydrogen) atoms. The molecular formula is C14H16N2O3. The molecule has 1 aromatic heterocycles. The number of amides is 2. The molecule has 0 aliphatic rings. The smallest absolute Gasteiger partial charge is 0.319 e. The van der Waals surface area contributed by atoms with E-state index in [1.807, 2.05) is 18.2 Å². The molecule has 1 atom stereocenters. The monoisotopic (exact) mass is 260 g/mol. The fourth-order valence-corrected chi connectivity index (χ4v) is 1.65. The van der Waals surface area contributed by atoms with Gasteiger partial charge in [-0.15, -0.1) is 0 Å². The maximum Gasteiger partial charge on any atom is 0.319 e. The van der Waals surface area contributed by atoms with Crippen molar-refractivity contribution in [3.8, 4) is 0 Å². The van der Waals surface area contributed by atoms with Crippen molar-refractivity contribution < 1.29 is 14.3 Å². The first-order chi connectivity index (χ1) is 9.25. The van der Waals surface area contributed by atoms with Gasteiger partial charge in [-0.25, -0.2) is 4.79 Å². The lowest BCUT2D eigenvalue weighted by molar-refractivity contribution is 0.166. The number of carbonyl (C=O) groups excluding carboxylic acids is 1. The van der Waals surface area contributed by atoms with Crippen LogP contribution in [0.15, 0.2) is 53.3 Å². The number of hydrogen-bond acceptors (Lipinski definition) is 3. The average Bonchev–Trinajstić information content (AvgIpc) is 2.93. The Morgan fingerprint density at radius 2 is 2.05 bits per heavy atom. The van der Waals surface area contributed by atoms with Crippen LogP contribution >= 0.6 is 0 Å². The van der Waals surface area contributed by atoms with Gasteiger partial charge in [-0.3, -0.25) is 0 Å². The van der Waals surface area contributed by atoms with Gasteiger partial charge in [-0.2, -0.15) is 0 Å². The van der Waals surface area contributed by atoms with Crippen LogP contribution in [0.4, 0.5) is 10.5 Å². The molecule has 1 aromatic carbocycles. The van der Waals surface area contributed by atoms with Crippen LogP contribution in [-0.4, -0.2) is 17.7 Å². The zero-order valence-electron chi connectivity index (χ0n) is 10.4. The lowest BCUT2D eigenvalue weighted by Crippen LogP contribution is -2.30. The summed E-state index contributed by atoms with van der Waals surface area (Å²) >= 11 is 0. The minimum absolute atomic E-state index is 0.286. The summed E-state index contributed by atoms with van der Waals surface area (Å²) in [5.41, 5.74) is 1.45. The number of hydrogen-bond donors (Lipinski definition) is 3. The molecule has 0 spiro atoms. The Balaban J connectivity index is 1.70. The van der Waals surface area contributed by atoms with Crippen LogP contribution in [0, 0.1) is 0 Å². The van der Waals surface area contributed by atoms with Crippen LogP contribution in [0.3, 0.4) is 0 Å². The van der Waals surface area contributed by atoms with Crippen molar-refractivity contribution >= 4 is 11.7 Å². The summed E-state index contributed by atoms with van der Waals surface area (Å²) in [7, 11) is 0. The van der Waals surface area contributed by atoms with E-state index in [-0.39, 0.29) is 6.03 Å². The molecule has 5 nitrogen and oxygen atoms in total. The fourth-order valence-electron chi connectivity index (χ4n) is 1.65. The number of rotatable bonds is 5. The number of carbonyl (C=O) groups is 1. The number of urea groups is 1. The normalized spacial score (nSPS) is 11.8. The van der Waals surface area contributed by atoms with E-state index in [0.29, 0.717) is 18.5 Å². The van der Waals surface area contributed by atoms with E-state index < -0.39 is 6.10 Å². The molecule has 2 amide bonds. The molecule has 0 bridgehead atoms. The van der Waals surface area contributed by atoms with Crippen molar-refractivity contribution in [2.45, 2.75) is 12.5 Å². The van der Waals surface area contributed by atoms with Crippen molar-refractivity contribution in [1.82, 2.24) is 5.32 Å². The van der Waals surface area contributed by atoms with Crippen LogP contribution in [0.1, 0.15) is 18.1 Å². The van der Waals surface area contributed by atoms with E-state index in [2.05, 4.69) is 10.6 Å². The molecule has 3 N–H and O–H groups in total. The van der Waals surface area contributed by atoms with Crippen LogP contribution in [0.2, 0.25) is 0 Å². The molecule has 0 radical (unpaired) electrons. The van der Waals surface area contributed by atoms with Crippen LogP contribution < -0.4 is 10.6 Å². The zero-order valence-corrected chi connectivity index (χ0v) is 10.4. The largest absolute Gasteiger partial charge is 0.472 e. The van der Waals surface area contributed by atoms with Gasteiger partial charge in [-0.05, 0) is 24.6 Å². The number of nitrogens with one attached hydrogen (secondary N) is 2. The Labute approximate surface area is 111 Å². The Morgan fingerprint density at radius 1 is 1.26 bits per heavy atom. The summed E-state index contributed by atoms with van der Waals surface area (Å²) in [6.07, 6.45) is 2.81. The van der Waals surface area contributed by atoms with Crippen molar-refractivity contribution in [3.63, 3.8) is 0 Å². The van der Waals surface area contributed by atoms with Gasteiger partial charge in [-0.1, -0.05) is 18.2 Å². The summed E-state index contributed by atoms with van der Waals surface area (Å²) in [6.45, 7) is 0.380. The Hall–Kier alpha value is -2.27. The molecule has 0 aliphatic carbocycles. The molecule has 0 saturated carbocycles. The second-order valence-corrected chi connectivity index (χ2v) is 4.11. The summed E-state index contributed by atoms with van der Waals surface area (Å²) in [4.78, 5) is 11.6. The molecule has 0 fully saturated rings. The maximum absolute atomic E-state index is 11.6. The highest BCUT2D eigenvalue weighted by Gasteiger charge is 2.09. The summed E-state index contributed by atoms with van der Waals surface area (Å²) < 4.78 is 4.88. The van der Waals surface area contributed by atoms with E-state index in [1.54, 1.807) is 18.2 Å². The third-order valence-electron chi connectivity index (χ3n) is 2.66. The van der Waals surface area contributed by atoms with Gasteiger partial charge in [0, 0.05) is 17.8 Å². The van der Waals surface area contributed by atoms with Gasteiger partial charge >= 0.3 is 6.03 Å². The molecule has 100 valence electrons. The number of aliphatic hydroxyl groups is 1. The Bertz CT molecular complexity index is 497. The quantitative estimate of drug-likeness (QED) is 0.773. The van der Waals surface area contributed by atoms with Gasteiger partial charge in [0.05, 0.1) is 18.6 Å². The SMILES string of the molecule is O=C(NCCC(O)c1ccoc1)Nc1ccccc1. The standard InChI is InChI=1S/C14H16N2O3/c17-13(11-7-9-19-10-11)6-8-15-14(18)16-12-4-2-1-3-5-12/h1-5,7,9-10,13,17H,6,8H2,(H2,15,16,18). The van der Waals surface area contributed by atoms with Crippen LogP contribution in [-0.2, 0) is 0 Å². The van der Waals surface area contributed by atoms with Crippen molar-refractivity contribution in [2.24, 2.45) is 0 Å². The topological polar surface area (TPSA) is 74.5 Å². The minimum atomic E-state index is -0.629. The van der Waals surface area contributed by atoms with E-state index in [0.717, 1.165) is 5.69 Å². The van der Waals surface area contributed by atoms with E-state index >= 15 is 0 Å². The number of para-hydroxylation sites is 1. The second-order valence-electron chi connectivity index (χ2n) is 4.11. The Kier molecular flexibility index (Phi) is 4.58. The van der Waals surface area contributed by atoms with E-state index in [4.69, 9.17) is 4.42 Å². The van der Waals surface area contributed by atoms with Crippen LogP contribution in [0.5, 0.6) is 0 Å². The predicted molar refractivity (Wildman–Crippen MR) is 71.7 cm³/mol. The highest BCUT2D eigenvalue weighted by Crippen LogP contribution is 2.15. The number of furan rings is 1. The molecule has 1 unspecified atom stereocenters. The van der Waals surface area contributed by atoms with Crippen molar-refractivity contribution in [2.75, 3.05) is 11.9 Å². The predicted octanol–water partition coefficient (Wildman–Crippen LogP) is 2.52. The second kappa shape index (κ2) is 6.61. The first kappa shape index (κ1) is 13.2. The van der Waals surface area contributed by atoms with Crippen molar-refractivity contribution in [3.05, 3.63) is 54.5 Å². The van der Waals surface area contributed by atoms with E-state index in [1.165, 1.54) is 12.5 Å². The highest BCUT2D eigenvalue weighted by atomic mass is 16.3.